The van der Waals surface area contributed by atoms with E-state index in [1.165, 1.54) is 10.4 Å². The number of rotatable bonds is 6. The van der Waals surface area contributed by atoms with Crippen molar-refractivity contribution in [3.8, 4) is 11.3 Å². The molecule has 6 nitrogen and oxygen atoms in total. The van der Waals surface area contributed by atoms with E-state index in [1.54, 1.807) is 17.5 Å². The Labute approximate surface area is 172 Å². The van der Waals surface area contributed by atoms with Crippen molar-refractivity contribution < 1.29 is 4.79 Å². The molecule has 5 rings (SSSR count). The van der Waals surface area contributed by atoms with E-state index in [0.717, 1.165) is 41.1 Å². The highest BCUT2D eigenvalue weighted by Crippen LogP contribution is 2.46. The fraction of sp³-hybridized carbons (Fsp3) is 0.227. The molecule has 3 aromatic heterocycles. The van der Waals surface area contributed by atoms with Gasteiger partial charge in [-0.1, -0.05) is 12.1 Å². The van der Waals surface area contributed by atoms with Crippen LogP contribution in [0.3, 0.4) is 0 Å². The van der Waals surface area contributed by atoms with Crippen LogP contribution in [0.1, 0.15) is 45.1 Å². The Kier molecular flexibility index (Phi) is 4.32. The van der Waals surface area contributed by atoms with Crippen LogP contribution in [0.25, 0.3) is 16.9 Å². The van der Waals surface area contributed by atoms with Crippen molar-refractivity contribution in [1.29, 1.82) is 0 Å². The van der Waals surface area contributed by atoms with Crippen LogP contribution < -0.4 is 11.1 Å². The Balaban J connectivity index is 1.59. The van der Waals surface area contributed by atoms with Crippen molar-refractivity contribution >= 4 is 28.7 Å². The third-order valence-electron chi connectivity index (χ3n) is 5.48. The summed E-state index contributed by atoms with van der Waals surface area (Å²) >= 11 is 1.71. The predicted octanol–water partition coefficient (Wildman–Crippen LogP) is 4.35. The predicted molar refractivity (Wildman–Crippen MR) is 115 cm³/mol. The van der Waals surface area contributed by atoms with Gasteiger partial charge in [-0.2, -0.15) is 0 Å². The molecule has 0 aliphatic heterocycles. The van der Waals surface area contributed by atoms with Gasteiger partial charge in [-0.05, 0) is 54.3 Å². The monoisotopic (exact) mass is 403 g/mol. The first kappa shape index (κ1) is 17.9. The minimum absolute atomic E-state index is 0.377. The number of aromatic nitrogens is 3. The van der Waals surface area contributed by atoms with Gasteiger partial charge in [0.25, 0.3) is 0 Å². The number of thiophene rings is 1. The van der Waals surface area contributed by atoms with E-state index < -0.39 is 0 Å². The number of carbonyl (C=O) groups excluding carboxylic acids is 1. The molecule has 0 atom stereocenters. The summed E-state index contributed by atoms with van der Waals surface area (Å²) in [5.41, 5.74) is 11.3. The maximum Gasteiger partial charge on any atom is 0.248 e. The molecule has 0 spiro atoms. The number of benzene rings is 1. The molecule has 4 aromatic rings. The lowest BCUT2D eigenvalue weighted by Crippen LogP contribution is -2.14. The second-order valence-electron chi connectivity index (χ2n) is 7.38. The molecule has 0 saturated heterocycles. The number of hydrogen-bond acceptors (Lipinski definition) is 5. The summed E-state index contributed by atoms with van der Waals surface area (Å²) in [6.45, 7) is 2.71. The van der Waals surface area contributed by atoms with Crippen molar-refractivity contribution in [2.24, 2.45) is 5.73 Å². The highest BCUT2D eigenvalue weighted by atomic mass is 32.1. The molecule has 0 unspecified atom stereocenters. The summed E-state index contributed by atoms with van der Waals surface area (Å²) in [4.78, 5) is 22.2. The topological polar surface area (TPSA) is 85.3 Å². The van der Waals surface area contributed by atoms with Crippen LogP contribution >= 0.6 is 11.3 Å². The summed E-state index contributed by atoms with van der Waals surface area (Å²) in [5, 5.41) is 5.46. The second-order valence-corrected chi connectivity index (χ2v) is 8.42. The zero-order valence-corrected chi connectivity index (χ0v) is 16.9. The molecule has 1 amide bonds. The average molecular weight is 404 g/mol. The largest absolute Gasteiger partial charge is 0.366 e. The average Bonchev–Trinajstić information content (AvgIpc) is 3.24. The Bertz CT molecular complexity index is 1210. The number of amides is 1. The van der Waals surface area contributed by atoms with Crippen LogP contribution in [0.2, 0.25) is 0 Å². The van der Waals surface area contributed by atoms with Crippen LogP contribution in [-0.4, -0.2) is 20.3 Å². The van der Waals surface area contributed by atoms with Crippen LogP contribution in [0.5, 0.6) is 0 Å². The molecule has 1 aliphatic carbocycles. The molecule has 146 valence electrons. The maximum absolute atomic E-state index is 11.8. The summed E-state index contributed by atoms with van der Waals surface area (Å²) < 4.78 is 2.06. The third-order valence-corrected chi connectivity index (χ3v) is 6.36. The van der Waals surface area contributed by atoms with Crippen molar-refractivity contribution in [3.05, 3.63) is 69.8 Å². The summed E-state index contributed by atoms with van der Waals surface area (Å²) in [6.07, 6.45) is 7.89. The number of nitrogens with two attached hydrogens (primary N) is 1. The minimum atomic E-state index is -0.377. The summed E-state index contributed by atoms with van der Waals surface area (Å²) in [5.74, 6) is 0.858. The SMILES string of the molecule is Cc1c(C(N)=O)ccc(-c2cnc3c(NCc4cccs4)nccn23)c1C1CC1. The Hall–Kier alpha value is -3.19. The molecule has 3 heterocycles. The molecule has 3 N–H and O–H groups in total. The van der Waals surface area contributed by atoms with E-state index in [9.17, 15) is 4.79 Å². The van der Waals surface area contributed by atoms with Gasteiger partial charge in [0.1, 0.15) is 0 Å². The molecule has 7 heteroatoms. The van der Waals surface area contributed by atoms with E-state index in [4.69, 9.17) is 5.73 Å². The highest BCUT2D eigenvalue weighted by molar-refractivity contribution is 7.09. The van der Waals surface area contributed by atoms with Gasteiger partial charge in [-0.15, -0.1) is 11.3 Å². The number of nitrogens with zero attached hydrogens (tertiary/aromatic N) is 3. The van der Waals surface area contributed by atoms with E-state index in [-0.39, 0.29) is 5.91 Å². The second kappa shape index (κ2) is 7.00. The van der Waals surface area contributed by atoms with Crippen LogP contribution in [-0.2, 0) is 6.54 Å². The molecule has 0 radical (unpaired) electrons. The first-order chi connectivity index (χ1) is 14.1. The van der Waals surface area contributed by atoms with E-state index in [0.29, 0.717) is 18.0 Å². The summed E-state index contributed by atoms with van der Waals surface area (Å²) in [6, 6.07) is 7.97. The van der Waals surface area contributed by atoms with Crippen molar-refractivity contribution in [1.82, 2.24) is 14.4 Å². The molecular weight excluding hydrogens is 382 g/mol. The van der Waals surface area contributed by atoms with Crippen molar-refractivity contribution in [3.63, 3.8) is 0 Å². The Morgan fingerprint density at radius 2 is 2.17 bits per heavy atom. The Morgan fingerprint density at radius 1 is 1.31 bits per heavy atom. The number of primary amides is 1. The van der Waals surface area contributed by atoms with Gasteiger partial charge in [0.2, 0.25) is 5.91 Å². The fourth-order valence-electron chi connectivity index (χ4n) is 3.94. The number of nitrogens with one attached hydrogen (secondary N) is 1. The van der Waals surface area contributed by atoms with Gasteiger partial charge in [-0.3, -0.25) is 9.20 Å². The number of carbonyl (C=O) groups is 1. The van der Waals surface area contributed by atoms with Crippen LogP contribution in [0.15, 0.2) is 48.2 Å². The molecule has 1 saturated carbocycles. The lowest BCUT2D eigenvalue weighted by atomic mass is 9.92. The normalized spacial score (nSPS) is 13.7. The molecule has 1 fully saturated rings. The van der Waals surface area contributed by atoms with Gasteiger partial charge >= 0.3 is 0 Å². The van der Waals surface area contributed by atoms with E-state index in [2.05, 4.69) is 31.1 Å². The molecule has 1 aromatic carbocycles. The number of anilines is 1. The van der Waals surface area contributed by atoms with Gasteiger partial charge in [0.15, 0.2) is 11.5 Å². The number of fused-ring (bicyclic) bond motifs is 1. The zero-order valence-electron chi connectivity index (χ0n) is 16.1. The molecular formula is C22H21N5OS. The van der Waals surface area contributed by atoms with Gasteiger partial charge in [0, 0.05) is 28.4 Å². The zero-order chi connectivity index (χ0) is 20.0. The number of hydrogen-bond donors (Lipinski definition) is 2. The van der Waals surface area contributed by atoms with E-state index >= 15 is 0 Å². The van der Waals surface area contributed by atoms with Gasteiger partial charge < -0.3 is 11.1 Å². The lowest BCUT2D eigenvalue weighted by Gasteiger charge is -2.15. The van der Waals surface area contributed by atoms with Crippen LogP contribution in [0, 0.1) is 6.92 Å². The van der Waals surface area contributed by atoms with E-state index in [1.807, 2.05) is 37.5 Å². The van der Waals surface area contributed by atoms with Crippen molar-refractivity contribution in [2.75, 3.05) is 5.32 Å². The minimum Gasteiger partial charge on any atom is -0.366 e. The highest BCUT2D eigenvalue weighted by Gasteiger charge is 2.30. The van der Waals surface area contributed by atoms with Crippen LogP contribution in [0.4, 0.5) is 5.82 Å². The molecule has 1 aliphatic rings. The standard InChI is InChI=1S/C22H21N5OS/c1-13-16(20(23)28)6-7-17(19(13)14-4-5-14)18-12-26-22-21(24-8-9-27(18)22)25-11-15-3-2-10-29-15/h2-3,6-10,12,14H,4-5,11H2,1H3,(H2,23,28)(H,24,25). The first-order valence-corrected chi connectivity index (χ1v) is 10.5. The van der Waals surface area contributed by atoms with Gasteiger partial charge in [0.05, 0.1) is 18.4 Å². The quantitative estimate of drug-likeness (QED) is 0.501. The molecule has 29 heavy (non-hydrogen) atoms. The summed E-state index contributed by atoms with van der Waals surface area (Å²) in [7, 11) is 0. The molecule has 0 bridgehead atoms. The maximum atomic E-state index is 11.8. The third kappa shape index (κ3) is 3.17. The fourth-order valence-corrected chi connectivity index (χ4v) is 4.59. The lowest BCUT2D eigenvalue weighted by molar-refractivity contribution is 0.0999. The first-order valence-electron chi connectivity index (χ1n) is 9.65. The van der Waals surface area contributed by atoms with Crippen molar-refractivity contribution in [2.45, 2.75) is 32.2 Å². The number of imidazole rings is 1. The Morgan fingerprint density at radius 3 is 2.90 bits per heavy atom. The smallest absolute Gasteiger partial charge is 0.248 e. The van der Waals surface area contributed by atoms with Gasteiger partial charge in [-0.25, -0.2) is 9.97 Å².